The number of rotatable bonds is 7. The first-order valence-electron chi connectivity index (χ1n) is 5.60. The van der Waals surface area contributed by atoms with E-state index >= 15 is 0 Å². The van der Waals surface area contributed by atoms with E-state index in [1.807, 2.05) is 0 Å². The molecule has 0 bridgehead atoms. The maximum absolute atomic E-state index is 11.9. The predicted molar refractivity (Wildman–Crippen MR) is 67.5 cm³/mol. The normalized spacial score (nSPS) is 13.4. The predicted octanol–water partition coefficient (Wildman–Crippen LogP) is 0.0431. The van der Waals surface area contributed by atoms with E-state index in [1.54, 1.807) is 0 Å². The van der Waals surface area contributed by atoms with Crippen molar-refractivity contribution < 1.29 is 21.6 Å². The molecule has 0 saturated heterocycles. The number of guanidine groups is 1. The number of hydrogen-bond acceptors (Lipinski definition) is 3. The van der Waals surface area contributed by atoms with Gasteiger partial charge in [-0.3, -0.25) is 4.99 Å². The molecule has 0 aliphatic heterocycles. The Bertz CT molecular complexity index is 381. The second kappa shape index (κ2) is 8.20. The average molecular weight is 304 g/mol. The number of halogens is 3. The molecule has 0 aromatic heterocycles. The van der Waals surface area contributed by atoms with Gasteiger partial charge in [-0.1, -0.05) is 0 Å². The lowest BCUT2D eigenvalue weighted by atomic mass is 10.4. The smallest absolute Gasteiger partial charge is 0.356 e. The standard InChI is InChI=1S/C9H19F3N4O2S/c1-13-8(15-7-4-9(10,11)12)14-5-3-6-16-19(2,17)18/h16H,3-7H2,1-2H3,(H2,13,14,15). The molecule has 0 spiro atoms. The van der Waals surface area contributed by atoms with Crippen LogP contribution in [0.4, 0.5) is 13.2 Å². The third kappa shape index (κ3) is 13.2. The first-order valence-corrected chi connectivity index (χ1v) is 7.49. The van der Waals surface area contributed by atoms with Crippen LogP contribution in [0.2, 0.25) is 0 Å². The molecule has 0 unspecified atom stereocenters. The summed E-state index contributed by atoms with van der Waals surface area (Å²) in [5.41, 5.74) is 0. The van der Waals surface area contributed by atoms with Gasteiger partial charge in [0.2, 0.25) is 10.0 Å². The van der Waals surface area contributed by atoms with E-state index in [1.165, 1.54) is 7.05 Å². The van der Waals surface area contributed by atoms with Gasteiger partial charge in [0, 0.05) is 26.7 Å². The van der Waals surface area contributed by atoms with Crippen molar-refractivity contribution in [2.45, 2.75) is 19.0 Å². The summed E-state index contributed by atoms with van der Waals surface area (Å²) < 4.78 is 59.5. The van der Waals surface area contributed by atoms with Crippen LogP contribution in [0.3, 0.4) is 0 Å². The van der Waals surface area contributed by atoms with Crippen LogP contribution >= 0.6 is 0 Å². The van der Waals surface area contributed by atoms with Crippen LogP contribution in [-0.2, 0) is 10.0 Å². The minimum absolute atomic E-state index is 0.253. The zero-order valence-corrected chi connectivity index (χ0v) is 11.7. The van der Waals surface area contributed by atoms with Crippen molar-refractivity contribution in [2.24, 2.45) is 4.99 Å². The van der Waals surface area contributed by atoms with Crippen molar-refractivity contribution in [1.29, 1.82) is 0 Å². The van der Waals surface area contributed by atoms with Crippen LogP contribution < -0.4 is 15.4 Å². The lowest BCUT2D eigenvalue weighted by molar-refractivity contribution is -0.132. The minimum Gasteiger partial charge on any atom is -0.356 e. The maximum atomic E-state index is 11.9. The van der Waals surface area contributed by atoms with E-state index in [0.717, 1.165) is 6.26 Å². The number of hydrogen-bond donors (Lipinski definition) is 3. The molecule has 0 saturated carbocycles. The molecular formula is C9H19F3N4O2S. The Hall–Kier alpha value is -1.03. The Morgan fingerprint density at radius 1 is 1.16 bits per heavy atom. The van der Waals surface area contributed by atoms with Crippen LogP contribution in [0.25, 0.3) is 0 Å². The monoisotopic (exact) mass is 304 g/mol. The molecule has 0 heterocycles. The number of nitrogens with one attached hydrogen (secondary N) is 3. The van der Waals surface area contributed by atoms with Gasteiger partial charge in [0.25, 0.3) is 0 Å². The zero-order chi connectivity index (χ0) is 14.9. The summed E-state index contributed by atoms with van der Waals surface area (Å²) >= 11 is 0. The van der Waals surface area contributed by atoms with E-state index in [0.29, 0.717) is 13.0 Å². The van der Waals surface area contributed by atoms with E-state index < -0.39 is 22.6 Å². The highest BCUT2D eigenvalue weighted by atomic mass is 32.2. The molecule has 114 valence electrons. The topological polar surface area (TPSA) is 82.6 Å². The van der Waals surface area contributed by atoms with Gasteiger partial charge in [-0.15, -0.1) is 0 Å². The van der Waals surface area contributed by atoms with Crippen molar-refractivity contribution in [1.82, 2.24) is 15.4 Å². The third-order valence-corrected chi connectivity index (χ3v) is 2.66. The fourth-order valence-electron chi connectivity index (χ4n) is 1.10. The van der Waals surface area contributed by atoms with Gasteiger partial charge >= 0.3 is 6.18 Å². The molecule has 0 aliphatic carbocycles. The molecule has 0 fully saturated rings. The third-order valence-electron chi connectivity index (χ3n) is 1.93. The number of sulfonamides is 1. The van der Waals surface area contributed by atoms with E-state index in [9.17, 15) is 21.6 Å². The molecular weight excluding hydrogens is 285 g/mol. The van der Waals surface area contributed by atoms with Gasteiger partial charge in [-0.25, -0.2) is 13.1 Å². The van der Waals surface area contributed by atoms with E-state index in [4.69, 9.17) is 0 Å². The highest BCUT2D eigenvalue weighted by Gasteiger charge is 2.26. The second-order valence-electron chi connectivity index (χ2n) is 3.81. The summed E-state index contributed by atoms with van der Waals surface area (Å²) in [6, 6.07) is 0. The highest BCUT2D eigenvalue weighted by molar-refractivity contribution is 7.88. The van der Waals surface area contributed by atoms with Crippen LogP contribution in [-0.4, -0.2) is 53.5 Å². The summed E-state index contributed by atoms with van der Waals surface area (Å²) in [5, 5.41) is 5.29. The summed E-state index contributed by atoms with van der Waals surface area (Å²) in [6.07, 6.45) is -3.60. The van der Waals surface area contributed by atoms with Crippen molar-refractivity contribution >= 4 is 16.0 Å². The molecule has 0 rings (SSSR count). The first-order chi connectivity index (χ1) is 8.64. The average Bonchev–Trinajstić information content (AvgIpc) is 2.23. The van der Waals surface area contributed by atoms with Gasteiger partial charge in [-0.2, -0.15) is 13.2 Å². The molecule has 0 amide bonds. The molecule has 19 heavy (non-hydrogen) atoms. The van der Waals surface area contributed by atoms with Crippen LogP contribution in [0.15, 0.2) is 4.99 Å². The van der Waals surface area contributed by atoms with Gasteiger partial charge in [0.1, 0.15) is 0 Å². The highest BCUT2D eigenvalue weighted by Crippen LogP contribution is 2.17. The number of nitrogens with zero attached hydrogens (tertiary/aromatic N) is 1. The van der Waals surface area contributed by atoms with Gasteiger partial charge in [-0.05, 0) is 6.42 Å². The lowest BCUT2D eigenvalue weighted by Crippen LogP contribution is -2.40. The van der Waals surface area contributed by atoms with Crippen molar-refractivity contribution in [3.05, 3.63) is 0 Å². The van der Waals surface area contributed by atoms with Gasteiger partial charge in [0.05, 0.1) is 12.7 Å². The molecule has 0 aliphatic rings. The number of aliphatic imine (C=N–C) groups is 1. The van der Waals surface area contributed by atoms with Crippen LogP contribution in [0.1, 0.15) is 12.8 Å². The molecule has 0 aromatic carbocycles. The molecule has 0 atom stereocenters. The van der Waals surface area contributed by atoms with E-state index in [-0.39, 0.29) is 19.0 Å². The molecule has 3 N–H and O–H groups in total. The summed E-state index contributed by atoms with van der Waals surface area (Å²) in [7, 11) is -1.77. The second-order valence-corrected chi connectivity index (χ2v) is 5.64. The summed E-state index contributed by atoms with van der Waals surface area (Å²) in [6.45, 7) is 0.393. The first kappa shape index (κ1) is 18.0. The Morgan fingerprint density at radius 2 is 1.74 bits per heavy atom. The van der Waals surface area contributed by atoms with E-state index in [2.05, 4.69) is 20.3 Å². The Kier molecular flexibility index (Phi) is 7.76. The van der Waals surface area contributed by atoms with Crippen molar-refractivity contribution in [2.75, 3.05) is 32.9 Å². The Labute approximate surface area is 110 Å². The Balaban J connectivity index is 3.72. The van der Waals surface area contributed by atoms with Crippen molar-refractivity contribution in [3.63, 3.8) is 0 Å². The Morgan fingerprint density at radius 3 is 2.21 bits per heavy atom. The van der Waals surface area contributed by atoms with Gasteiger partial charge < -0.3 is 10.6 Å². The quantitative estimate of drug-likeness (QED) is 0.352. The van der Waals surface area contributed by atoms with Crippen LogP contribution in [0, 0.1) is 0 Å². The van der Waals surface area contributed by atoms with Crippen LogP contribution in [0.5, 0.6) is 0 Å². The molecule has 6 nitrogen and oxygen atoms in total. The SMILES string of the molecule is CN=C(NCCCNS(C)(=O)=O)NCCC(F)(F)F. The maximum Gasteiger partial charge on any atom is 0.390 e. The summed E-state index contributed by atoms with van der Waals surface area (Å²) in [4.78, 5) is 3.74. The summed E-state index contributed by atoms with van der Waals surface area (Å²) in [5.74, 6) is 0.253. The molecule has 0 aromatic rings. The lowest BCUT2D eigenvalue weighted by Gasteiger charge is -2.12. The fourth-order valence-corrected chi connectivity index (χ4v) is 1.61. The minimum atomic E-state index is -4.20. The molecule has 10 heteroatoms. The zero-order valence-electron chi connectivity index (χ0n) is 10.8. The molecule has 0 radical (unpaired) electrons. The number of alkyl halides is 3. The van der Waals surface area contributed by atoms with Gasteiger partial charge in [0.15, 0.2) is 5.96 Å². The largest absolute Gasteiger partial charge is 0.390 e. The fraction of sp³-hybridized carbons (Fsp3) is 0.889. The van der Waals surface area contributed by atoms with Crippen molar-refractivity contribution in [3.8, 4) is 0 Å².